The molecule has 0 saturated carbocycles. The first-order chi connectivity index (χ1) is 11.3. The molecule has 1 saturated heterocycles. The van der Waals surface area contributed by atoms with Gasteiger partial charge < -0.3 is 10.1 Å². The fourth-order valence-corrected chi connectivity index (χ4v) is 2.91. The number of rotatable bonds is 6. The van der Waals surface area contributed by atoms with Gasteiger partial charge in [-0.05, 0) is 39.2 Å². The molecule has 1 aliphatic heterocycles. The summed E-state index contributed by atoms with van der Waals surface area (Å²) in [7, 11) is 0. The van der Waals surface area contributed by atoms with Gasteiger partial charge in [0.25, 0.3) is 0 Å². The quantitative estimate of drug-likeness (QED) is 0.787. The first-order valence-electron chi connectivity index (χ1n) is 8.05. The largest absolute Gasteiger partial charge is 0.492 e. The second-order valence-electron chi connectivity index (χ2n) is 5.76. The Hall–Kier alpha value is -1.43. The zero-order valence-electron chi connectivity index (χ0n) is 13.2. The van der Waals surface area contributed by atoms with Crippen LogP contribution in [0.5, 0.6) is 5.75 Å². The topological polar surface area (TPSA) is 37.4 Å². The normalized spacial score (nSPS) is 15.5. The van der Waals surface area contributed by atoms with E-state index < -0.39 is 0 Å². The van der Waals surface area contributed by atoms with Crippen molar-refractivity contribution in [3.05, 3.63) is 58.3 Å². The summed E-state index contributed by atoms with van der Waals surface area (Å²) in [6, 6.07) is 12.7. The van der Waals surface area contributed by atoms with Crippen molar-refractivity contribution >= 4 is 15.9 Å². The third kappa shape index (κ3) is 5.30. The maximum absolute atomic E-state index is 5.72. The van der Waals surface area contributed by atoms with E-state index in [0.29, 0.717) is 6.61 Å². The molecule has 2 heterocycles. The van der Waals surface area contributed by atoms with Crippen LogP contribution in [0.15, 0.2) is 47.2 Å². The molecular weight excluding hydrogens is 354 g/mol. The van der Waals surface area contributed by atoms with Gasteiger partial charge in [0.2, 0.25) is 0 Å². The van der Waals surface area contributed by atoms with E-state index >= 15 is 0 Å². The van der Waals surface area contributed by atoms with Gasteiger partial charge in [0.15, 0.2) is 0 Å². The molecule has 0 unspecified atom stereocenters. The molecule has 2 aromatic rings. The molecule has 0 radical (unpaired) electrons. The number of halogens is 1. The molecule has 122 valence electrons. The number of nitrogens with zero attached hydrogens (tertiary/aromatic N) is 2. The van der Waals surface area contributed by atoms with Crippen molar-refractivity contribution in [3.63, 3.8) is 0 Å². The molecular formula is C18H22BrN3O. The first-order valence-corrected chi connectivity index (χ1v) is 8.84. The van der Waals surface area contributed by atoms with Crippen LogP contribution in [0.1, 0.15) is 11.1 Å². The number of benzene rings is 1. The minimum Gasteiger partial charge on any atom is -0.492 e. The van der Waals surface area contributed by atoms with E-state index in [1.807, 2.05) is 12.1 Å². The van der Waals surface area contributed by atoms with E-state index in [1.165, 1.54) is 11.1 Å². The van der Waals surface area contributed by atoms with Crippen LogP contribution in [0.25, 0.3) is 0 Å². The number of piperazine rings is 1. The SMILES string of the molecule is Brc1ccc(OCCc2ccc(CN3CCNCC3)cc2)cn1. The van der Waals surface area contributed by atoms with Crippen molar-refractivity contribution in [1.82, 2.24) is 15.2 Å². The fourth-order valence-electron chi connectivity index (χ4n) is 2.67. The van der Waals surface area contributed by atoms with Gasteiger partial charge in [-0.3, -0.25) is 4.90 Å². The standard InChI is InChI=1S/C18H22BrN3O/c19-18-6-5-17(13-21-18)23-12-7-15-1-3-16(4-2-15)14-22-10-8-20-9-11-22/h1-6,13,20H,7-12,14H2. The molecule has 5 heteroatoms. The van der Waals surface area contributed by atoms with E-state index in [9.17, 15) is 0 Å². The lowest BCUT2D eigenvalue weighted by molar-refractivity contribution is 0.233. The summed E-state index contributed by atoms with van der Waals surface area (Å²) in [6.45, 7) is 6.18. The summed E-state index contributed by atoms with van der Waals surface area (Å²) in [5, 5.41) is 3.39. The molecule has 3 rings (SSSR count). The Balaban J connectivity index is 1.44. The van der Waals surface area contributed by atoms with E-state index in [-0.39, 0.29) is 0 Å². The first kappa shape index (κ1) is 16.4. The van der Waals surface area contributed by atoms with Gasteiger partial charge in [-0.2, -0.15) is 0 Å². The molecule has 1 aromatic heterocycles. The number of hydrogen-bond donors (Lipinski definition) is 1. The number of nitrogens with one attached hydrogen (secondary N) is 1. The summed E-state index contributed by atoms with van der Waals surface area (Å²) in [5.41, 5.74) is 2.69. The van der Waals surface area contributed by atoms with Gasteiger partial charge in [0.05, 0.1) is 12.8 Å². The van der Waals surface area contributed by atoms with E-state index in [0.717, 1.165) is 49.5 Å². The van der Waals surface area contributed by atoms with Gasteiger partial charge in [-0.15, -0.1) is 0 Å². The zero-order valence-corrected chi connectivity index (χ0v) is 14.8. The Morgan fingerprint density at radius 3 is 2.48 bits per heavy atom. The van der Waals surface area contributed by atoms with Crippen LogP contribution in [-0.2, 0) is 13.0 Å². The predicted octanol–water partition coefficient (Wildman–Crippen LogP) is 2.87. The third-order valence-electron chi connectivity index (χ3n) is 4.00. The smallest absolute Gasteiger partial charge is 0.137 e. The number of aromatic nitrogens is 1. The molecule has 4 nitrogen and oxygen atoms in total. The summed E-state index contributed by atoms with van der Waals surface area (Å²) in [4.78, 5) is 6.65. The van der Waals surface area contributed by atoms with Gasteiger partial charge in [-0.1, -0.05) is 24.3 Å². The monoisotopic (exact) mass is 375 g/mol. The Labute approximate surface area is 146 Å². The Bertz CT molecular complexity index is 595. The minimum atomic E-state index is 0.667. The van der Waals surface area contributed by atoms with Crippen LogP contribution >= 0.6 is 15.9 Å². The zero-order chi connectivity index (χ0) is 15.9. The van der Waals surface area contributed by atoms with Gasteiger partial charge >= 0.3 is 0 Å². The molecule has 1 fully saturated rings. The number of ether oxygens (including phenoxy) is 1. The lowest BCUT2D eigenvalue weighted by Gasteiger charge is -2.27. The third-order valence-corrected chi connectivity index (χ3v) is 4.47. The van der Waals surface area contributed by atoms with Crippen molar-refractivity contribution in [2.45, 2.75) is 13.0 Å². The maximum Gasteiger partial charge on any atom is 0.137 e. The van der Waals surface area contributed by atoms with Crippen molar-refractivity contribution < 1.29 is 4.74 Å². The molecule has 0 atom stereocenters. The molecule has 1 N–H and O–H groups in total. The van der Waals surface area contributed by atoms with Gasteiger partial charge in [0.1, 0.15) is 10.4 Å². The molecule has 0 bridgehead atoms. The highest BCUT2D eigenvalue weighted by molar-refractivity contribution is 9.10. The van der Waals surface area contributed by atoms with Crippen LogP contribution in [0.3, 0.4) is 0 Å². The highest BCUT2D eigenvalue weighted by Gasteiger charge is 2.09. The Morgan fingerprint density at radius 1 is 1.04 bits per heavy atom. The van der Waals surface area contributed by atoms with Crippen LogP contribution in [0, 0.1) is 0 Å². The molecule has 1 aliphatic rings. The second-order valence-corrected chi connectivity index (χ2v) is 6.57. The lowest BCUT2D eigenvalue weighted by atomic mass is 10.1. The summed E-state index contributed by atoms with van der Waals surface area (Å²) >= 11 is 3.32. The van der Waals surface area contributed by atoms with Crippen molar-refractivity contribution in [2.24, 2.45) is 0 Å². The lowest BCUT2D eigenvalue weighted by Crippen LogP contribution is -2.42. The molecule has 0 spiro atoms. The summed E-state index contributed by atoms with van der Waals surface area (Å²) < 4.78 is 6.54. The number of pyridine rings is 1. The molecule has 0 aliphatic carbocycles. The average molecular weight is 376 g/mol. The maximum atomic E-state index is 5.72. The van der Waals surface area contributed by atoms with Crippen LogP contribution in [0.2, 0.25) is 0 Å². The highest BCUT2D eigenvalue weighted by Crippen LogP contribution is 2.14. The Kier molecular flexibility index (Phi) is 6.02. The molecule has 23 heavy (non-hydrogen) atoms. The molecule has 1 aromatic carbocycles. The predicted molar refractivity (Wildman–Crippen MR) is 95.7 cm³/mol. The Morgan fingerprint density at radius 2 is 1.78 bits per heavy atom. The van der Waals surface area contributed by atoms with E-state index in [2.05, 4.69) is 55.4 Å². The summed E-state index contributed by atoms with van der Waals surface area (Å²) in [5.74, 6) is 0.809. The number of hydrogen-bond acceptors (Lipinski definition) is 4. The fraction of sp³-hybridized carbons (Fsp3) is 0.389. The minimum absolute atomic E-state index is 0.667. The van der Waals surface area contributed by atoms with Crippen LogP contribution < -0.4 is 10.1 Å². The van der Waals surface area contributed by atoms with Gasteiger partial charge in [0, 0.05) is 39.1 Å². The van der Waals surface area contributed by atoms with E-state index in [1.54, 1.807) is 6.20 Å². The second kappa shape index (κ2) is 8.43. The summed E-state index contributed by atoms with van der Waals surface area (Å²) in [6.07, 6.45) is 2.64. The van der Waals surface area contributed by atoms with E-state index in [4.69, 9.17) is 4.74 Å². The average Bonchev–Trinajstić information content (AvgIpc) is 2.59. The van der Waals surface area contributed by atoms with Crippen molar-refractivity contribution in [3.8, 4) is 5.75 Å². The highest BCUT2D eigenvalue weighted by atomic mass is 79.9. The van der Waals surface area contributed by atoms with Gasteiger partial charge in [-0.25, -0.2) is 4.98 Å². The van der Waals surface area contributed by atoms with Crippen LogP contribution in [-0.4, -0.2) is 42.7 Å². The molecule has 0 amide bonds. The van der Waals surface area contributed by atoms with Crippen molar-refractivity contribution in [2.75, 3.05) is 32.8 Å². The van der Waals surface area contributed by atoms with Crippen molar-refractivity contribution in [1.29, 1.82) is 0 Å². The van der Waals surface area contributed by atoms with Crippen LogP contribution in [0.4, 0.5) is 0 Å².